The molecule has 1 aromatic heterocycles. The summed E-state index contributed by atoms with van der Waals surface area (Å²) >= 11 is 0. The van der Waals surface area contributed by atoms with E-state index in [4.69, 9.17) is 0 Å². The molecule has 4 aromatic rings. The number of fused-ring (bicyclic) bond motifs is 1. The SMILES string of the molecule is Cc1ccccc1-c1nc2ccccc2c(=O)n1N=Cc1cccc([N+](=O)[O-])c1. The van der Waals surface area contributed by atoms with Gasteiger partial charge in [-0.25, -0.2) is 4.98 Å². The molecule has 0 saturated carbocycles. The topological polar surface area (TPSA) is 90.4 Å². The number of nitro benzene ring substituents is 1. The molecule has 142 valence electrons. The summed E-state index contributed by atoms with van der Waals surface area (Å²) in [6, 6.07) is 20.7. The van der Waals surface area contributed by atoms with Crippen LogP contribution < -0.4 is 5.56 Å². The largest absolute Gasteiger partial charge is 0.282 e. The molecule has 0 saturated heterocycles. The predicted molar refractivity (Wildman–Crippen MR) is 112 cm³/mol. The van der Waals surface area contributed by atoms with Crippen molar-refractivity contribution in [3.05, 3.63) is 104 Å². The van der Waals surface area contributed by atoms with Crippen LogP contribution in [0.5, 0.6) is 0 Å². The average molecular weight is 384 g/mol. The van der Waals surface area contributed by atoms with Crippen molar-refractivity contribution >= 4 is 22.8 Å². The lowest BCUT2D eigenvalue weighted by Gasteiger charge is -2.11. The zero-order valence-electron chi connectivity index (χ0n) is 15.5. The molecule has 0 fully saturated rings. The van der Waals surface area contributed by atoms with Gasteiger partial charge in [-0.3, -0.25) is 14.9 Å². The van der Waals surface area contributed by atoms with Crippen molar-refractivity contribution in [3.63, 3.8) is 0 Å². The molecule has 0 bridgehead atoms. The molecular formula is C22H16N4O3. The summed E-state index contributed by atoms with van der Waals surface area (Å²) in [6.45, 7) is 1.94. The molecule has 4 rings (SSSR count). The predicted octanol–water partition coefficient (Wildman–Crippen LogP) is 4.16. The molecule has 0 aliphatic carbocycles. The van der Waals surface area contributed by atoms with Gasteiger partial charge in [0.15, 0.2) is 5.82 Å². The fraction of sp³-hybridized carbons (Fsp3) is 0.0455. The summed E-state index contributed by atoms with van der Waals surface area (Å²) in [5.74, 6) is 0.411. The minimum atomic E-state index is -0.472. The van der Waals surface area contributed by atoms with Gasteiger partial charge in [-0.15, -0.1) is 0 Å². The number of para-hydroxylation sites is 1. The molecule has 7 nitrogen and oxygen atoms in total. The highest BCUT2D eigenvalue weighted by Crippen LogP contribution is 2.22. The molecule has 0 amide bonds. The van der Waals surface area contributed by atoms with Gasteiger partial charge in [0.05, 0.1) is 22.0 Å². The monoisotopic (exact) mass is 384 g/mol. The normalized spacial score (nSPS) is 11.2. The smallest absolute Gasteiger partial charge is 0.267 e. The highest BCUT2D eigenvalue weighted by atomic mass is 16.6. The Bertz CT molecular complexity index is 1330. The average Bonchev–Trinajstić information content (AvgIpc) is 2.73. The quantitative estimate of drug-likeness (QED) is 0.300. The third-order valence-electron chi connectivity index (χ3n) is 4.54. The number of hydrogen-bond donors (Lipinski definition) is 0. The Labute approximate surface area is 165 Å². The Hall–Kier alpha value is -4.13. The number of rotatable bonds is 4. The van der Waals surface area contributed by atoms with Gasteiger partial charge in [0.2, 0.25) is 0 Å². The number of non-ortho nitro benzene ring substituents is 1. The van der Waals surface area contributed by atoms with Crippen molar-refractivity contribution in [2.75, 3.05) is 0 Å². The Morgan fingerprint density at radius 2 is 1.79 bits per heavy atom. The van der Waals surface area contributed by atoms with E-state index in [1.807, 2.05) is 37.3 Å². The number of nitrogens with zero attached hydrogens (tertiary/aromatic N) is 4. The van der Waals surface area contributed by atoms with Crippen molar-refractivity contribution in [1.82, 2.24) is 9.66 Å². The summed E-state index contributed by atoms with van der Waals surface area (Å²) < 4.78 is 1.24. The van der Waals surface area contributed by atoms with Gasteiger partial charge in [-0.2, -0.15) is 9.78 Å². The molecule has 29 heavy (non-hydrogen) atoms. The molecule has 7 heteroatoms. The van der Waals surface area contributed by atoms with Crippen LogP contribution in [0, 0.1) is 17.0 Å². The van der Waals surface area contributed by atoms with E-state index in [2.05, 4.69) is 10.1 Å². The van der Waals surface area contributed by atoms with E-state index in [0.29, 0.717) is 22.3 Å². The van der Waals surface area contributed by atoms with Crippen LogP contribution in [0.1, 0.15) is 11.1 Å². The maximum atomic E-state index is 13.1. The Morgan fingerprint density at radius 3 is 2.59 bits per heavy atom. The lowest BCUT2D eigenvalue weighted by molar-refractivity contribution is -0.384. The minimum absolute atomic E-state index is 0.0444. The number of aromatic nitrogens is 2. The molecule has 0 spiro atoms. The fourth-order valence-corrected chi connectivity index (χ4v) is 3.07. The van der Waals surface area contributed by atoms with Crippen LogP contribution in [0.25, 0.3) is 22.3 Å². The van der Waals surface area contributed by atoms with E-state index in [0.717, 1.165) is 11.1 Å². The summed E-state index contributed by atoms with van der Waals surface area (Å²) in [5.41, 5.74) is 2.47. The van der Waals surface area contributed by atoms with E-state index in [-0.39, 0.29) is 11.2 Å². The van der Waals surface area contributed by atoms with Crippen molar-refractivity contribution in [2.45, 2.75) is 6.92 Å². The van der Waals surface area contributed by atoms with Gasteiger partial charge in [-0.05, 0) is 24.6 Å². The zero-order valence-corrected chi connectivity index (χ0v) is 15.5. The first kappa shape index (κ1) is 18.2. The van der Waals surface area contributed by atoms with Gasteiger partial charge in [0.1, 0.15) is 0 Å². The summed E-state index contributed by atoms with van der Waals surface area (Å²) in [7, 11) is 0. The Balaban J connectivity index is 1.93. The van der Waals surface area contributed by atoms with E-state index >= 15 is 0 Å². The molecule has 0 unspecified atom stereocenters. The van der Waals surface area contributed by atoms with Crippen LogP contribution in [-0.4, -0.2) is 20.8 Å². The zero-order chi connectivity index (χ0) is 20.4. The lowest BCUT2D eigenvalue weighted by atomic mass is 10.1. The highest BCUT2D eigenvalue weighted by Gasteiger charge is 2.14. The van der Waals surface area contributed by atoms with Crippen LogP contribution in [0.2, 0.25) is 0 Å². The maximum absolute atomic E-state index is 13.1. The van der Waals surface area contributed by atoms with Gasteiger partial charge in [-0.1, -0.05) is 48.5 Å². The number of benzene rings is 3. The number of hydrogen-bond acceptors (Lipinski definition) is 5. The van der Waals surface area contributed by atoms with Gasteiger partial charge in [0, 0.05) is 23.3 Å². The fourth-order valence-electron chi connectivity index (χ4n) is 3.07. The standard InChI is InChI=1S/C22H16N4O3/c1-15-7-2-3-10-18(15)21-24-20-12-5-4-11-19(20)22(27)25(21)23-14-16-8-6-9-17(13-16)26(28)29/h2-14H,1H3. The molecule has 1 heterocycles. The highest BCUT2D eigenvalue weighted by molar-refractivity contribution is 5.82. The summed E-state index contributed by atoms with van der Waals surface area (Å²) in [5, 5.41) is 15.8. The molecule has 0 aliphatic heterocycles. The van der Waals surface area contributed by atoms with Crippen molar-refractivity contribution in [3.8, 4) is 11.4 Å². The molecule has 0 atom stereocenters. The number of nitro groups is 1. The lowest BCUT2D eigenvalue weighted by Crippen LogP contribution is -2.20. The molecule has 0 aliphatic rings. The van der Waals surface area contributed by atoms with Crippen molar-refractivity contribution in [2.24, 2.45) is 5.10 Å². The van der Waals surface area contributed by atoms with E-state index in [1.54, 1.807) is 30.3 Å². The second-order valence-corrected chi connectivity index (χ2v) is 6.48. The van der Waals surface area contributed by atoms with E-state index in [1.165, 1.54) is 23.0 Å². The minimum Gasteiger partial charge on any atom is -0.267 e. The molecular weight excluding hydrogens is 368 g/mol. The van der Waals surface area contributed by atoms with Crippen LogP contribution in [0.3, 0.4) is 0 Å². The molecule has 3 aromatic carbocycles. The Kier molecular flexibility index (Phi) is 4.70. The second kappa shape index (κ2) is 7.47. The van der Waals surface area contributed by atoms with Gasteiger partial charge < -0.3 is 0 Å². The first-order chi connectivity index (χ1) is 14.0. The van der Waals surface area contributed by atoms with Gasteiger partial charge in [0.25, 0.3) is 11.2 Å². The first-order valence-electron chi connectivity index (χ1n) is 8.91. The Morgan fingerprint density at radius 1 is 1.03 bits per heavy atom. The number of aryl methyl sites for hydroxylation is 1. The van der Waals surface area contributed by atoms with Crippen LogP contribution in [0.15, 0.2) is 82.7 Å². The van der Waals surface area contributed by atoms with Gasteiger partial charge >= 0.3 is 0 Å². The molecule has 0 radical (unpaired) electrons. The van der Waals surface area contributed by atoms with Crippen LogP contribution in [0.4, 0.5) is 5.69 Å². The van der Waals surface area contributed by atoms with E-state index in [9.17, 15) is 14.9 Å². The van der Waals surface area contributed by atoms with Crippen molar-refractivity contribution in [1.29, 1.82) is 0 Å². The third-order valence-corrected chi connectivity index (χ3v) is 4.54. The van der Waals surface area contributed by atoms with E-state index < -0.39 is 4.92 Å². The third kappa shape index (κ3) is 3.53. The van der Waals surface area contributed by atoms with Crippen LogP contribution in [-0.2, 0) is 0 Å². The van der Waals surface area contributed by atoms with Crippen molar-refractivity contribution < 1.29 is 4.92 Å². The summed E-state index contributed by atoms with van der Waals surface area (Å²) in [4.78, 5) is 28.3. The second-order valence-electron chi connectivity index (χ2n) is 6.48. The van der Waals surface area contributed by atoms with Crippen LogP contribution >= 0.6 is 0 Å². The maximum Gasteiger partial charge on any atom is 0.282 e. The molecule has 0 N–H and O–H groups in total. The first-order valence-corrected chi connectivity index (χ1v) is 8.91. The summed E-state index contributed by atoms with van der Waals surface area (Å²) in [6.07, 6.45) is 1.42.